The molecule has 258 valence electrons. The van der Waals surface area contributed by atoms with Crippen LogP contribution in [0, 0.1) is 0 Å². The van der Waals surface area contributed by atoms with Crippen LogP contribution in [0.1, 0.15) is 58.3 Å². The Morgan fingerprint density at radius 1 is 0.870 bits per heavy atom. The van der Waals surface area contributed by atoms with Crippen molar-refractivity contribution in [2.24, 2.45) is 22.2 Å². The first-order valence-corrected chi connectivity index (χ1v) is 15.1. The van der Waals surface area contributed by atoms with Crippen LogP contribution >= 0.6 is 0 Å². The Hall–Kier alpha value is -4.52. The number of carboxylic acid groups (broad SMARTS) is 2. The summed E-state index contributed by atoms with van der Waals surface area (Å²) in [6.45, 7) is 1.17. The van der Waals surface area contributed by atoms with Crippen molar-refractivity contribution in [3.05, 3.63) is 0 Å². The van der Waals surface area contributed by atoms with Crippen LogP contribution in [0.25, 0.3) is 0 Å². The number of guanidine groups is 1. The number of aliphatic carboxylic acids is 2. The molecule has 2 rings (SSSR count). The Balaban J connectivity index is 2.10. The van der Waals surface area contributed by atoms with Crippen molar-refractivity contribution < 1.29 is 48.9 Å². The van der Waals surface area contributed by atoms with Crippen molar-refractivity contribution in [2.75, 3.05) is 26.2 Å². The van der Waals surface area contributed by atoms with Crippen LogP contribution in [0.2, 0.25) is 0 Å². The minimum absolute atomic E-state index is 0.0837. The smallest absolute Gasteiger partial charge is 0.322 e. The Labute approximate surface area is 265 Å². The summed E-state index contributed by atoms with van der Waals surface area (Å²) in [4.78, 5) is 93.9. The molecule has 19 heteroatoms. The molecule has 0 aromatic carbocycles. The van der Waals surface area contributed by atoms with Gasteiger partial charge in [-0.15, -0.1) is 0 Å². The maximum Gasteiger partial charge on any atom is 0.322 e. The predicted octanol–water partition coefficient (Wildman–Crippen LogP) is -4.23. The zero-order valence-electron chi connectivity index (χ0n) is 25.7. The number of carboxylic acids is 2. The third-order valence-electron chi connectivity index (χ3n) is 7.70. The summed E-state index contributed by atoms with van der Waals surface area (Å²) in [5.74, 6) is -6.28. The molecule has 0 saturated carbocycles. The average molecular weight is 656 g/mol. The number of nitrogens with one attached hydrogen (secondary N) is 3. The Morgan fingerprint density at radius 2 is 1.43 bits per heavy atom. The summed E-state index contributed by atoms with van der Waals surface area (Å²) in [6.07, 6.45) is -0.167. The predicted molar refractivity (Wildman–Crippen MR) is 160 cm³/mol. The van der Waals surface area contributed by atoms with Crippen molar-refractivity contribution in [2.45, 2.75) is 94.6 Å². The van der Waals surface area contributed by atoms with Crippen LogP contribution in [-0.4, -0.2) is 135 Å². The van der Waals surface area contributed by atoms with Crippen molar-refractivity contribution in [1.29, 1.82) is 0 Å². The summed E-state index contributed by atoms with van der Waals surface area (Å²) >= 11 is 0. The molecule has 0 bridgehead atoms. The van der Waals surface area contributed by atoms with Crippen molar-refractivity contribution >= 4 is 47.4 Å². The molecule has 5 amide bonds. The number of aliphatic imine (C=N–C) groups is 1. The van der Waals surface area contributed by atoms with Gasteiger partial charge in [-0.2, -0.15) is 0 Å². The molecule has 12 N–H and O–H groups in total. The van der Waals surface area contributed by atoms with Gasteiger partial charge in [-0.1, -0.05) is 0 Å². The first-order valence-electron chi connectivity index (χ1n) is 15.1. The lowest BCUT2D eigenvalue weighted by atomic mass is 10.1. The first kappa shape index (κ1) is 37.7. The van der Waals surface area contributed by atoms with Crippen LogP contribution in [-0.2, 0) is 33.6 Å². The van der Waals surface area contributed by atoms with Gasteiger partial charge in [-0.25, -0.2) is 0 Å². The lowest BCUT2D eigenvalue weighted by Crippen LogP contribution is -2.60. The second-order valence-corrected chi connectivity index (χ2v) is 11.3. The van der Waals surface area contributed by atoms with Crippen LogP contribution in [0.3, 0.4) is 0 Å². The number of likely N-dealkylation sites (tertiary alicyclic amines) is 2. The highest BCUT2D eigenvalue weighted by molar-refractivity contribution is 5.97. The van der Waals surface area contributed by atoms with Crippen LogP contribution in [0.4, 0.5) is 0 Å². The van der Waals surface area contributed by atoms with E-state index in [2.05, 4.69) is 20.9 Å². The SMILES string of the molecule is C[C@@H](O)[C@H](NC(=O)[C@@H]1CCCN1C(=O)[C@@H](N)CCCN=C(N)N)C(=O)N1CCC[C@H]1C(=O)N[C@@H](CCC(=O)O)C(=O)NCC(=O)O. The molecule has 2 heterocycles. The number of hydrogen-bond donors (Lipinski definition) is 9. The van der Waals surface area contributed by atoms with Crippen molar-refractivity contribution in [3.63, 3.8) is 0 Å². The minimum atomic E-state index is -1.48. The maximum atomic E-state index is 13.6. The van der Waals surface area contributed by atoms with Gasteiger partial charge in [0, 0.05) is 26.1 Å². The number of hydrogen-bond acceptors (Lipinski definition) is 10. The molecule has 19 nitrogen and oxygen atoms in total. The van der Waals surface area contributed by atoms with E-state index in [0.29, 0.717) is 25.7 Å². The van der Waals surface area contributed by atoms with Crippen molar-refractivity contribution in [3.8, 4) is 0 Å². The summed E-state index contributed by atoms with van der Waals surface area (Å²) < 4.78 is 0. The number of rotatable bonds is 17. The van der Waals surface area contributed by atoms with Gasteiger partial charge >= 0.3 is 11.9 Å². The first-order chi connectivity index (χ1) is 21.6. The van der Waals surface area contributed by atoms with Gasteiger partial charge in [0.05, 0.1) is 12.1 Å². The van der Waals surface area contributed by atoms with E-state index in [4.69, 9.17) is 27.4 Å². The summed E-state index contributed by atoms with van der Waals surface area (Å²) in [5, 5.41) is 35.4. The molecule has 0 radical (unpaired) electrons. The lowest BCUT2D eigenvalue weighted by molar-refractivity contribution is -0.146. The molecule has 0 unspecified atom stereocenters. The zero-order valence-corrected chi connectivity index (χ0v) is 25.7. The zero-order chi connectivity index (χ0) is 34.6. The minimum Gasteiger partial charge on any atom is -0.481 e. The number of carbonyl (C=O) groups is 7. The standard InChI is InChI=1S/C27H45N9O10/c1-14(37)21(34-24(44)18-7-3-11-35(18)25(45)15(28)5-2-10-31-27(29)30)26(46)36-12-4-6-17(36)23(43)33-16(8-9-19(38)39)22(42)32-13-20(40)41/h14-18,21,37H,2-13,28H2,1H3,(H,32,42)(H,33,43)(H,34,44)(H,38,39)(H,40,41)(H4,29,30,31)/t14-,15+,16+,17+,18+,21+/m1/s1. The number of nitrogens with two attached hydrogens (primary N) is 3. The highest BCUT2D eigenvalue weighted by atomic mass is 16.4. The molecule has 0 aromatic heterocycles. The third-order valence-corrected chi connectivity index (χ3v) is 7.70. The van der Waals surface area contributed by atoms with Gasteiger partial charge in [0.25, 0.3) is 0 Å². The van der Waals surface area contributed by atoms with E-state index in [1.807, 2.05) is 0 Å². The van der Waals surface area contributed by atoms with Gasteiger partial charge in [0.15, 0.2) is 5.96 Å². The van der Waals surface area contributed by atoms with Crippen molar-refractivity contribution in [1.82, 2.24) is 25.8 Å². The van der Waals surface area contributed by atoms with Gasteiger partial charge in [0.2, 0.25) is 29.5 Å². The fourth-order valence-corrected chi connectivity index (χ4v) is 5.37. The fraction of sp³-hybridized carbons (Fsp3) is 0.704. The number of aliphatic hydroxyl groups is 1. The Bertz CT molecular complexity index is 1180. The van der Waals surface area contributed by atoms with Crippen LogP contribution in [0.15, 0.2) is 4.99 Å². The third kappa shape index (κ3) is 11.1. The molecule has 0 aliphatic carbocycles. The molecule has 2 fully saturated rings. The van der Waals surface area contributed by atoms with E-state index < -0.39 is 90.8 Å². The Morgan fingerprint density at radius 3 is 1.96 bits per heavy atom. The second kappa shape index (κ2) is 17.8. The number of aliphatic hydroxyl groups excluding tert-OH is 1. The van der Waals surface area contributed by atoms with Gasteiger partial charge in [-0.05, 0) is 51.9 Å². The number of amides is 5. The molecule has 46 heavy (non-hydrogen) atoms. The maximum absolute atomic E-state index is 13.6. The molecule has 2 saturated heterocycles. The normalized spacial score (nSPS) is 20.2. The average Bonchev–Trinajstić information content (AvgIpc) is 3.68. The number of carbonyl (C=O) groups excluding carboxylic acids is 5. The highest BCUT2D eigenvalue weighted by Gasteiger charge is 2.42. The van der Waals surface area contributed by atoms with Crippen LogP contribution in [0.5, 0.6) is 0 Å². The van der Waals surface area contributed by atoms with Crippen LogP contribution < -0.4 is 33.2 Å². The van der Waals surface area contributed by atoms with E-state index in [0.717, 1.165) is 4.90 Å². The summed E-state index contributed by atoms with van der Waals surface area (Å²) in [6, 6.07) is -5.84. The van der Waals surface area contributed by atoms with E-state index in [-0.39, 0.29) is 44.9 Å². The second-order valence-electron chi connectivity index (χ2n) is 11.3. The quantitative estimate of drug-likeness (QED) is 0.0408. The van der Waals surface area contributed by atoms with Gasteiger partial charge in [0.1, 0.15) is 30.7 Å². The molecule has 2 aliphatic heterocycles. The van der Waals surface area contributed by atoms with E-state index >= 15 is 0 Å². The van der Waals surface area contributed by atoms with E-state index in [9.17, 15) is 38.7 Å². The van der Waals surface area contributed by atoms with Gasteiger partial charge < -0.3 is 58.3 Å². The highest BCUT2D eigenvalue weighted by Crippen LogP contribution is 2.22. The molecule has 2 aliphatic rings. The largest absolute Gasteiger partial charge is 0.481 e. The van der Waals surface area contributed by atoms with Gasteiger partial charge in [-0.3, -0.25) is 38.6 Å². The van der Waals surface area contributed by atoms with E-state index in [1.165, 1.54) is 11.8 Å². The molecular weight excluding hydrogens is 610 g/mol. The molecule has 0 aromatic rings. The molecular formula is C27H45N9O10. The molecule has 6 atom stereocenters. The fourth-order valence-electron chi connectivity index (χ4n) is 5.37. The summed E-state index contributed by atoms with van der Waals surface area (Å²) in [7, 11) is 0. The number of nitrogens with zero attached hydrogens (tertiary/aromatic N) is 3. The van der Waals surface area contributed by atoms with E-state index in [1.54, 1.807) is 0 Å². The lowest BCUT2D eigenvalue weighted by Gasteiger charge is -2.32. The molecule has 0 spiro atoms. The monoisotopic (exact) mass is 655 g/mol. The summed E-state index contributed by atoms with van der Waals surface area (Å²) in [5.41, 5.74) is 16.7. The Kier molecular flexibility index (Phi) is 14.6. The topological polar surface area (TPSA) is 313 Å².